The van der Waals surface area contributed by atoms with Crippen molar-refractivity contribution in [3.05, 3.63) is 29.6 Å². The molecule has 76 valence electrons. The minimum Gasteiger partial charge on any atom is -0.494 e. The molecule has 0 bridgehead atoms. The molecule has 0 unspecified atom stereocenters. The maximum absolute atomic E-state index is 13.5. The van der Waals surface area contributed by atoms with Crippen LogP contribution in [0.3, 0.4) is 0 Å². The molecule has 0 fully saturated rings. The first kappa shape index (κ1) is 10.5. The Labute approximate surface area is 82.8 Å². The molecule has 4 heteroatoms. The second kappa shape index (κ2) is 4.60. The number of halogens is 1. The lowest BCUT2D eigenvalue weighted by molar-refractivity contribution is 0.386. The molecule has 0 aliphatic carbocycles. The number of nitrogens with zero attached hydrogens (tertiary/aromatic N) is 2. The van der Waals surface area contributed by atoms with Gasteiger partial charge >= 0.3 is 0 Å². The van der Waals surface area contributed by atoms with Gasteiger partial charge in [-0.1, -0.05) is 12.1 Å². The summed E-state index contributed by atoms with van der Waals surface area (Å²) in [6.45, 7) is 0. The summed E-state index contributed by atoms with van der Waals surface area (Å²) in [5, 5.41) is 5.54. The van der Waals surface area contributed by atoms with Crippen LogP contribution in [0.15, 0.2) is 23.3 Å². The molecule has 0 aliphatic rings. The average Bonchev–Trinajstić information content (AvgIpc) is 2.16. The summed E-state index contributed by atoms with van der Waals surface area (Å²) in [4.78, 5) is 0. The summed E-state index contributed by atoms with van der Waals surface area (Å²) in [6, 6.07) is 4.94. The zero-order valence-electron chi connectivity index (χ0n) is 8.49. The molecule has 0 aromatic heterocycles. The van der Waals surface area contributed by atoms with Crippen LogP contribution >= 0.6 is 0 Å². The van der Waals surface area contributed by atoms with Crippen LogP contribution < -0.4 is 4.74 Å². The fraction of sp³-hybridized carbons (Fsp3) is 0.300. The third-order valence-electron chi connectivity index (χ3n) is 1.64. The number of methoxy groups -OCH3 is 1. The minimum absolute atomic E-state index is 0.229. The topological polar surface area (TPSA) is 24.8 Å². The first-order valence-corrected chi connectivity index (χ1v) is 4.19. The second-order valence-corrected chi connectivity index (χ2v) is 2.96. The summed E-state index contributed by atoms with van der Waals surface area (Å²) in [6.07, 6.45) is 1.46. The van der Waals surface area contributed by atoms with Crippen molar-refractivity contribution in [1.29, 1.82) is 0 Å². The molecule has 1 aromatic rings. The molecule has 0 radical (unpaired) electrons. The lowest BCUT2D eigenvalue weighted by atomic mass is 10.2. The molecule has 3 nitrogen and oxygen atoms in total. The molecule has 14 heavy (non-hydrogen) atoms. The summed E-state index contributed by atoms with van der Waals surface area (Å²) in [5.41, 5.74) is 0.415. The van der Waals surface area contributed by atoms with Crippen LogP contribution in [0.5, 0.6) is 5.75 Å². The van der Waals surface area contributed by atoms with E-state index in [1.165, 1.54) is 13.3 Å². The van der Waals surface area contributed by atoms with E-state index in [-0.39, 0.29) is 11.6 Å². The quantitative estimate of drug-likeness (QED) is 0.543. The molecule has 0 spiro atoms. The average molecular weight is 196 g/mol. The van der Waals surface area contributed by atoms with Gasteiger partial charge in [-0.3, -0.25) is 0 Å². The number of hydrazone groups is 1. The smallest absolute Gasteiger partial charge is 0.173 e. The van der Waals surface area contributed by atoms with E-state index in [1.807, 2.05) is 0 Å². The van der Waals surface area contributed by atoms with Crippen molar-refractivity contribution >= 4 is 6.21 Å². The van der Waals surface area contributed by atoms with Crippen molar-refractivity contribution in [2.45, 2.75) is 0 Å². The third-order valence-corrected chi connectivity index (χ3v) is 1.64. The SMILES string of the molecule is COc1cccc(/C=N/N(C)C)c1F. The van der Waals surface area contributed by atoms with Gasteiger partial charge in [0.15, 0.2) is 11.6 Å². The van der Waals surface area contributed by atoms with Gasteiger partial charge in [0.25, 0.3) is 0 Å². The van der Waals surface area contributed by atoms with E-state index in [0.29, 0.717) is 5.56 Å². The van der Waals surface area contributed by atoms with Crippen molar-refractivity contribution in [2.75, 3.05) is 21.2 Å². The van der Waals surface area contributed by atoms with Crippen LogP contribution in [0.1, 0.15) is 5.56 Å². The molecule has 0 N–H and O–H groups in total. The molecule has 1 rings (SSSR count). The van der Waals surface area contributed by atoms with E-state index < -0.39 is 0 Å². The highest BCUT2D eigenvalue weighted by atomic mass is 19.1. The van der Waals surface area contributed by atoms with Crippen molar-refractivity contribution < 1.29 is 9.13 Å². The van der Waals surface area contributed by atoms with Crippen LogP contribution in [0.4, 0.5) is 4.39 Å². The van der Waals surface area contributed by atoms with Gasteiger partial charge in [-0.05, 0) is 6.07 Å². The van der Waals surface area contributed by atoms with Gasteiger partial charge in [-0.15, -0.1) is 0 Å². The lowest BCUT2D eigenvalue weighted by Gasteiger charge is -2.05. The Kier molecular flexibility index (Phi) is 3.45. The molecule has 1 aromatic carbocycles. The largest absolute Gasteiger partial charge is 0.494 e. The van der Waals surface area contributed by atoms with Crippen LogP contribution in [0.25, 0.3) is 0 Å². The van der Waals surface area contributed by atoms with Gasteiger partial charge in [0, 0.05) is 19.7 Å². The number of hydrogen-bond acceptors (Lipinski definition) is 3. The second-order valence-electron chi connectivity index (χ2n) is 2.96. The highest BCUT2D eigenvalue weighted by molar-refractivity contribution is 5.80. The summed E-state index contributed by atoms with van der Waals surface area (Å²) in [5.74, 6) is -0.159. The standard InChI is InChI=1S/C10H13FN2O/c1-13(2)12-7-8-5-4-6-9(14-3)10(8)11/h4-7H,1-3H3/b12-7+. The van der Waals surface area contributed by atoms with Crippen LogP contribution in [-0.2, 0) is 0 Å². The molecular formula is C10H13FN2O. The van der Waals surface area contributed by atoms with Gasteiger partial charge in [0.2, 0.25) is 0 Å². The molecule has 0 atom stereocenters. The monoisotopic (exact) mass is 196 g/mol. The minimum atomic E-state index is -0.388. The van der Waals surface area contributed by atoms with Crippen LogP contribution in [-0.4, -0.2) is 32.4 Å². The predicted molar refractivity (Wildman–Crippen MR) is 54.2 cm³/mol. The Morgan fingerprint density at radius 2 is 2.14 bits per heavy atom. The third kappa shape index (κ3) is 2.45. The van der Waals surface area contributed by atoms with E-state index >= 15 is 0 Å². The van der Waals surface area contributed by atoms with Gasteiger partial charge in [0.05, 0.1) is 13.3 Å². The number of benzene rings is 1. The van der Waals surface area contributed by atoms with Gasteiger partial charge < -0.3 is 9.75 Å². The highest BCUT2D eigenvalue weighted by Gasteiger charge is 2.05. The van der Waals surface area contributed by atoms with Crippen molar-refractivity contribution in [2.24, 2.45) is 5.10 Å². The maximum atomic E-state index is 13.5. The van der Waals surface area contributed by atoms with E-state index in [2.05, 4.69) is 5.10 Å². The van der Waals surface area contributed by atoms with Crippen molar-refractivity contribution in [3.8, 4) is 5.75 Å². The van der Waals surface area contributed by atoms with Gasteiger partial charge in [-0.25, -0.2) is 4.39 Å². The zero-order chi connectivity index (χ0) is 10.6. The van der Waals surface area contributed by atoms with E-state index in [4.69, 9.17) is 4.74 Å². The Morgan fingerprint density at radius 3 is 2.71 bits per heavy atom. The van der Waals surface area contributed by atoms with E-state index in [1.54, 1.807) is 37.3 Å². The van der Waals surface area contributed by atoms with Gasteiger partial charge in [-0.2, -0.15) is 5.10 Å². The van der Waals surface area contributed by atoms with Crippen molar-refractivity contribution in [3.63, 3.8) is 0 Å². The molecule has 0 heterocycles. The number of ether oxygens (including phenoxy) is 1. The Balaban J connectivity index is 2.98. The Morgan fingerprint density at radius 1 is 1.43 bits per heavy atom. The lowest BCUT2D eigenvalue weighted by Crippen LogP contribution is -2.03. The Hall–Kier alpha value is -1.58. The molecule has 0 amide bonds. The summed E-state index contributed by atoms with van der Waals surface area (Å²) >= 11 is 0. The number of rotatable bonds is 3. The highest BCUT2D eigenvalue weighted by Crippen LogP contribution is 2.18. The Bertz CT molecular complexity index is 337. The predicted octanol–water partition coefficient (Wildman–Crippen LogP) is 1.73. The van der Waals surface area contributed by atoms with E-state index in [9.17, 15) is 4.39 Å². The molecule has 0 aliphatic heterocycles. The summed E-state index contributed by atoms with van der Waals surface area (Å²) in [7, 11) is 4.98. The van der Waals surface area contributed by atoms with Gasteiger partial charge in [0.1, 0.15) is 0 Å². The molecule has 0 saturated carbocycles. The normalized spacial score (nSPS) is 10.6. The first-order valence-electron chi connectivity index (χ1n) is 4.19. The van der Waals surface area contributed by atoms with Crippen LogP contribution in [0, 0.1) is 5.82 Å². The maximum Gasteiger partial charge on any atom is 0.173 e. The van der Waals surface area contributed by atoms with E-state index in [0.717, 1.165) is 0 Å². The molecular weight excluding hydrogens is 183 g/mol. The number of hydrogen-bond donors (Lipinski definition) is 0. The summed E-state index contributed by atoms with van der Waals surface area (Å²) < 4.78 is 18.3. The fourth-order valence-corrected chi connectivity index (χ4v) is 0.963. The van der Waals surface area contributed by atoms with Crippen molar-refractivity contribution in [1.82, 2.24) is 5.01 Å². The fourth-order valence-electron chi connectivity index (χ4n) is 0.963. The first-order chi connectivity index (χ1) is 6.65. The zero-order valence-corrected chi connectivity index (χ0v) is 8.49. The van der Waals surface area contributed by atoms with Crippen LogP contribution in [0.2, 0.25) is 0 Å². The molecule has 0 saturated heterocycles.